The zero-order valence-corrected chi connectivity index (χ0v) is 18.9. The zero-order valence-electron chi connectivity index (χ0n) is 18.9. The standard InChI is InChI=1S/C22H23N7O7/c23-21(24)28(29(35)36)16-8-6-14(7-9-16)12-17(30)25-10-11-26-13-18(31)27(22(26)34)19(20(32)33)15-4-2-1-3-5-15/h1-9,19H,10-13H2,(H3,23,24)(H,25,30)(H,32,33). The fourth-order valence-corrected chi connectivity index (χ4v) is 3.69. The number of carboxylic acid groups (broad SMARTS) is 1. The van der Waals surface area contributed by atoms with Crippen LogP contribution in [0.1, 0.15) is 17.2 Å². The Hall–Kier alpha value is -5.01. The topological polar surface area (TPSA) is 203 Å². The van der Waals surface area contributed by atoms with Crippen LogP contribution in [0.4, 0.5) is 10.5 Å². The fraction of sp³-hybridized carbons (Fsp3) is 0.227. The molecular weight excluding hydrogens is 474 g/mol. The molecule has 0 spiro atoms. The molecule has 14 nitrogen and oxygen atoms in total. The summed E-state index contributed by atoms with van der Waals surface area (Å²) >= 11 is 0. The summed E-state index contributed by atoms with van der Waals surface area (Å²) in [6, 6.07) is 11.4. The molecule has 1 unspecified atom stereocenters. The number of hydrogen-bond donors (Lipinski definition) is 4. The molecule has 188 valence electrons. The Morgan fingerprint density at radius 2 is 1.81 bits per heavy atom. The molecule has 0 saturated carbocycles. The molecule has 0 radical (unpaired) electrons. The Labute approximate surface area is 204 Å². The molecule has 5 N–H and O–H groups in total. The van der Waals surface area contributed by atoms with Crippen molar-refractivity contribution in [3.05, 3.63) is 75.8 Å². The van der Waals surface area contributed by atoms with Gasteiger partial charge in [-0.25, -0.2) is 24.6 Å². The van der Waals surface area contributed by atoms with E-state index in [-0.39, 0.29) is 37.3 Å². The highest BCUT2D eigenvalue weighted by atomic mass is 16.7. The van der Waals surface area contributed by atoms with E-state index in [0.717, 1.165) is 4.90 Å². The Morgan fingerprint density at radius 3 is 2.36 bits per heavy atom. The molecule has 2 aromatic carbocycles. The Kier molecular flexibility index (Phi) is 7.79. The molecule has 1 aliphatic rings. The van der Waals surface area contributed by atoms with Crippen LogP contribution in [-0.4, -0.2) is 69.3 Å². The number of carbonyl (C=O) groups is 4. The molecule has 0 aromatic heterocycles. The summed E-state index contributed by atoms with van der Waals surface area (Å²) in [6.07, 6.45) is -0.0626. The number of aliphatic carboxylic acids is 1. The number of hydrazine groups is 1. The zero-order chi connectivity index (χ0) is 26.4. The molecule has 1 heterocycles. The molecule has 1 fully saturated rings. The number of rotatable bonds is 10. The summed E-state index contributed by atoms with van der Waals surface area (Å²) < 4.78 is 0. The maximum absolute atomic E-state index is 12.8. The first kappa shape index (κ1) is 25.6. The minimum Gasteiger partial charge on any atom is -0.479 e. The molecular formula is C22H23N7O7. The third-order valence-electron chi connectivity index (χ3n) is 5.32. The highest BCUT2D eigenvalue weighted by molar-refractivity contribution is 6.05. The SMILES string of the molecule is N=C(N)N(c1ccc(CC(=O)NCCN2CC(=O)N(C(C(=O)O)c3ccccc3)C2=O)cc1)[N+](=O)[O-]. The number of nitrogens with one attached hydrogen (secondary N) is 2. The molecule has 0 bridgehead atoms. The van der Waals surface area contributed by atoms with Gasteiger partial charge in [-0.15, -0.1) is 0 Å². The van der Waals surface area contributed by atoms with Crippen LogP contribution in [0.25, 0.3) is 0 Å². The second-order valence-electron chi connectivity index (χ2n) is 7.75. The van der Waals surface area contributed by atoms with E-state index < -0.39 is 40.8 Å². The lowest BCUT2D eigenvalue weighted by Gasteiger charge is -2.23. The van der Waals surface area contributed by atoms with Crippen molar-refractivity contribution in [2.45, 2.75) is 12.5 Å². The van der Waals surface area contributed by atoms with Gasteiger partial charge in [-0.3, -0.25) is 15.0 Å². The third kappa shape index (κ3) is 5.72. The second kappa shape index (κ2) is 10.9. The van der Waals surface area contributed by atoms with Gasteiger partial charge in [-0.05, 0) is 28.3 Å². The summed E-state index contributed by atoms with van der Waals surface area (Å²) in [5.74, 6) is -3.16. The van der Waals surface area contributed by atoms with Crippen molar-refractivity contribution in [1.29, 1.82) is 5.41 Å². The van der Waals surface area contributed by atoms with Crippen LogP contribution in [-0.2, 0) is 20.8 Å². The number of benzene rings is 2. The number of urea groups is 1. The van der Waals surface area contributed by atoms with Gasteiger partial charge in [0.15, 0.2) is 11.1 Å². The van der Waals surface area contributed by atoms with Gasteiger partial charge in [0, 0.05) is 13.1 Å². The van der Waals surface area contributed by atoms with Crippen molar-refractivity contribution in [2.24, 2.45) is 5.73 Å². The maximum Gasteiger partial charge on any atom is 0.331 e. The minimum atomic E-state index is -1.46. The number of carbonyl (C=O) groups excluding carboxylic acids is 3. The van der Waals surface area contributed by atoms with Gasteiger partial charge in [0.25, 0.3) is 11.9 Å². The van der Waals surface area contributed by atoms with Crippen LogP contribution in [0.15, 0.2) is 54.6 Å². The van der Waals surface area contributed by atoms with E-state index in [2.05, 4.69) is 5.32 Å². The van der Waals surface area contributed by atoms with Crippen molar-refractivity contribution < 1.29 is 29.3 Å². The number of guanidine groups is 1. The summed E-state index contributed by atoms with van der Waals surface area (Å²) in [5.41, 5.74) is 6.08. The molecule has 14 heteroatoms. The summed E-state index contributed by atoms with van der Waals surface area (Å²) in [5, 5.41) is 30.1. The van der Waals surface area contributed by atoms with Gasteiger partial charge in [-0.1, -0.05) is 42.5 Å². The van der Waals surface area contributed by atoms with E-state index in [0.29, 0.717) is 15.5 Å². The van der Waals surface area contributed by atoms with Crippen molar-refractivity contribution >= 4 is 35.5 Å². The van der Waals surface area contributed by atoms with E-state index in [1.54, 1.807) is 18.2 Å². The number of nitro groups is 1. The van der Waals surface area contributed by atoms with Crippen LogP contribution >= 0.6 is 0 Å². The van der Waals surface area contributed by atoms with Crippen molar-refractivity contribution in [3.8, 4) is 0 Å². The number of nitrogens with two attached hydrogens (primary N) is 1. The number of imide groups is 1. The predicted octanol–water partition coefficient (Wildman–Crippen LogP) is 0.327. The molecule has 1 saturated heterocycles. The van der Waals surface area contributed by atoms with E-state index in [1.165, 1.54) is 36.4 Å². The molecule has 0 aliphatic carbocycles. The van der Waals surface area contributed by atoms with Gasteiger partial charge in [0.05, 0.1) is 6.42 Å². The van der Waals surface area contributed by atoms with E-state index in [9.17, 15) is 34.4 Å². The molecule has 2 aromatic rings. The monoisotopic (exact) mass is 497 g/mol. The van der Waals surface area contributed by atoms with Crippen LogP contribution < -0.4 is 16.1 Å². The van der Waals surface area contributed by atoms with Crippen molar-refractivity contribution in [3.63, 3.8) is 0 Å². The summed E-state index contributed by atoms with van der Waals surface area (Å²) in [4.78, 5) is 62.2. The number of nitrogens with zero attached hydrogens (tertiary/aromatic N) is 4. The van der Waals surface area contributed by atoms with Crippen molar-refractivity contribution in [1.82, 2.24) is 15.1 Å². The lowest BCUT2D eigenvalue weighted by atomic mass is 10.1. The van der Waals surface area contributed by atoms with E-state index in [1.807, 2.05) is 0 Å². The Bertz CT molecular complexity index is 1170. The first-order chi connectivity index (χ1) is 17.1. The molecule has 1 aliphatic heterocycles. The van der Waals surface area contributed by atoms with E-state index >= 15 is 0 Å². The van der Waals surface area contributed by atoms with Crippen LogP contribution in [0.2, 0.25) is 0 Å². The van der Waals surface area contributed by atoms with Gasteiger partial charge in [-0.2, -0.15) is 0 Å². The summed E-state index contributed by atoms with van der Waals surface area (Å²) in [7, 11) is 0. The lowest BCUT2D eigenvalue weighted by molar-refractivity contribution is -0.479. The lowest BCUT2D eigenvalue weighted by Crippen LogP contribution is -2.41. The van der Waals surface area contributed by atoms with Crippen LogP contribution in [0.3, 0.4) is 0 Å². The maximum atomic E-state index is 12.8. The second-order valence-corrected chi connectivity index (χ2v) is 7.75. The number of hydrogen-bond acceptors (Lipinski definition) is 7. The Morgan fingerprint density at radius 1 is 1.17 bits per heavy atom. The third-order valence-corrected chi connectivity index (χ3v) is 5.32. The van der Waals surface area contributed by atoms with Crippen LogP contribution in [0.5, 0.6) is 0 Å². The largest absolute Gasteiger partial charge is 0.479 e. The van der Waals surface area contributed by atoms with Gasteiger partial charge in [0.1, 0.15) is 12.2 Å². The smallest absolute Gasteiger partial charge is 0.331 e. The molecule has 1 atom stereocenters. The molecule has 36 heavy (non-hydrogen) atoms. The normalized spacial score (nSPS) is 13.9. The molecule has 3 rings (SSSR count). The van der Waals surface area contributed by atoms with Gasteiger partial charge < -0.3 is 21.1 Å². The Balaban J connectivity index is 1.54. The number of anilines is 1. The first-order valence-electron chi connectivity index (χ1n) is 10.6. The minimum absolute atomic E-state index is 0.0106. The summed E-state index contributed by atoms with van der Waals surface area (Å²) in [6.45, 7) is -0.300. The van der Waals surface area contributed by atoms with Gasteiger partial charge >= 0.3 is 12.0 Å². The number of carboxylic acids is 1. The highest BCUT2D eigenvalue weighted by Crippen LogP contribution is 2.26. The average molecular weight is 497 g/mol. The fourth-order valence-electron chi connectivity index (χ4n) is 3.69. The average Bonchev–Trinajstić information content (AvgIpc) is 3.08. The molecule has 4 amide bonds. The first-order valence-corrected chi connectivity index (χ1v) is 10.6. The van der Waals surface area contributed by atoms with Gasteiger partial charge in [0.2, 0.25) is 5.91 Å². The van der Waals surface area contributed by atoms with Crippen molar-refractivity contribution in [2.75, 3.05) is 24.6 Å². The van der Waals surface area contributed by atoms with Crippen LogP contribution in [0, 0.1) is 15.5 Å². The quantitative estimate of drug-likeness (QED) is 0.117. The predicted molar refractivity (Wildman–Crippen MR) is 125 cm³/mol. The highest BCUT2D eigenvalue weighted by Gasteiger charge is 2.44. The number of amides is 4. The van der Waals surface area contributed by atoms with E-state index in [4.69, 9.17) is 11.1 Å².